The lowest BCUT2D eigenvalue weighted by Crippen LogP contribution is -2.15. The molecule has 0 unspecified atom stereocenters. The summed E-state index contributed by atoms with van der Waals surface area (Å²) in [6, 6.07) is 36.9. The van der Waals surface area contributed by atoms with Gasteiger partial charge < -0.3 is 5.11 Å². The molecule has 0 fully saturated rings. The van der Waals surface area contributed by atoms with E-state index in [2.05, 4.69) is 67.6 Å². The molecule has 0 saturated heterocycles. The molecule has 4 nitrogen and oxygen atoms in total. The molecule has 4 aromatic carbocycles. The van der Waals surface area contributed by atoms with E-state index in [-0.39, 0.29) is 5.88 Å². The van der Waals surface area contributed by atoms with Crippen LogP contribution in [0.5, 0.6) is 5.88 Å². The lowest BCUT2D eigenvalue weighted by atomic mass is 9.96. The summed E-state index contributed by atoms with van der Waals surface area (Å²) in [6.07, 6.45) is 2.07. The molecule has 5 aromatic rings. The predicted octanol–water partition coefficient (Wildman–Crippen LogP) is 7.39. The van der Waals surface area contributed by atoms with Crippen LogP contribution in [0.4, 0.5) is 5.69 Å². The summed E-state index contributed by atoms with van der Waals surface area (Å²) in [5.74, 6) is 0.215. The average molecular weight is 514 g/mol. The number of para-hydroxylation sites is 1. The SMILES string of the molecule is Cc1cccc2c1N=C(c1ccccc1)C2=Cc1sc(=NCc2ccccc2)n(Cc2ccccc2)c1O. The van der Waals surface area contributed by atoms with E-state index in [1.807, 2.05) is 59.2 Å². The number of aromatic hydroxyl groups is 1. The molecule has 0 bridgehead atoms. The molecule has 0 radical (unpaired) electrons. The Morgan fingerprint density at radius 1 is 0.816 bits per heavy atom. The Hall–Kier alpha value is -4.48. The topological polar surface area (TPSA) is 49.9 Å². The normalized spacial score (nSPS) is 14.1. The van der Waals surface area contributed by atoms with Crippen molar-refractivity contribution in [2.75, 3.05) is 0 Å². The average Bonchev–Trinajstić information content (AvgIpc) is 3.48. The molecule has 2 heterocycles. The number of rotatable bonds is 6. The summed E-state index contributed by atoms with van der Waals surface area (Å²) in [7, 11) is 0. The van der Waals surface area contributed by atoms with Gasteiger partial charge in [-0.15, -0.1) is 0 Å². The van der Waals surface area contributed by atoms with Gasteiger partial charge in [-0.1, -0.05) is 121 Å². The second-order valence-electron chi connectivity index (χ2n) is 9.30. The zero-order chi connectivity index (χ0) is 25.9. The molecule has 38 heavy (non-hydrogen) atoms. The van der Waals surface area contributed by atoms with Gasteiger partial charge in [0.15, 0.2) is 4.80 Å². The number of aromatic nitrogens is 1. The van der Waals surface area contributed by atoms with Gasteiger partial charge in [0.2, 0.25) is 5.88 Å². The van der Waals surface area contributed by atoms with Gasteiger partial charge in [-0.05, 0) is 29.7 Å². The van der Waals surface area contributed by atoms with Crippen LogP contribution in [-0.4, -0.2) is 15.4 Å². The van der Waals surface area contributed by atoms with Crippen molar-refractivity contribution in [1.29, 1.82) is 0 Å². The van der Waals surface area contributed by atoms with E-state index >= 15 is 0 Å². The number of thiazole rings is 1. The van der Waals surface area contributed by atoms with E-state index < -0.39 is 0 Å². The zero-order valence-electron chi connectivity index (χ0n) is 21.1. The van der Waals surface area contributed by atoms with Gasteiger partial charge in [-0.2, -0.15) is 0 Å². The van der Waals surface area contributed by atoms with Gasteiger partial charge >= 0.3 is 0 Å². The molecular weight excluding hydrogens is 486 g/mol. The summed E-state index contributed by atoms with van der Waals surface area (Å²) < 4.78 is 1.90. The Morgan fingerprint density at radius 3 is 2.18 bits per heavy atom. The highest BCUT2D eigenvalue weighted by Crippen LogP contribution is 2.41. The first-order chi connectivity index (χ1) is 18.7. The maximum atomic E-state index is 11.5. The fourth-order valence-electron chi connectivity index (χ4n) is 4.70. The third-order valence-corrected chi connectivity index (χ3v) is 7.71. The summed E-state index contributed by atoms with van der Waals surface area (Å²) in [5, 5.41) is 11.5. The van der Waals surface area contributed by atoms with Crippen molar-refractivity contribution in [3.8, 4) is 5.88 Å². The summed E-state index contributed by atoms with van der Waals surface area (Å²) >= 11 is 1.50. The molecule has 1 aliphatic rings. The van der Waals surface area contributed by atoms with Crippen LogP contribution < -0.4 is 4.80 Å². The van der Waals surface area contributed by atoms with Crippen LogP contribution in [0.25, 0.3) is 11.6 Å². The number of aliphatic imine (C=N–C) groups is 1. The van der Waals surface area contributed by atoms with Crippen molar-refractivity contribution >= 4 is 34.4 Å². The molecule has 1 aromatic heterocycles. The minimum Gasteiger partial charge on any atom is -0.493 e. The van der Waals surface area contributed by atoms with Crippen LogP contribution >= 0.6 is 11.3 Å². The second-order valence-corrected chi connectivity index (χ2v) is 10.3. The van der Waals surface area contributed by atoms with Crippen LogP contribution in [0.1, 0.15) is 32.7 Å². The Kier molecular flexibility index (Phi) is 6.59. The van der Waals surface area contributed by atoms with Crippen LogP contribution in [-0.2, 0) is 13.1 Å². The highest BCUT2D eigenvalue weighted by atomic mass is 32.1. The van der Waals surface area contributed by atoms with Crippen LogP contribution in [0.15, 0.2) is 119 Å². The predicted molar refractivity (Wildman–Crippen MR) is 157 cm³/mol. The number of hydrogen-bond donors (Lipinski definition) is 1. The van der Waals surface area contributed by atoms with E-state index in [1.165, 1.54) is 11.3 Å². The van der Waals surface area contributed by atoms with Crippen molar-refractivity contribution in [3.05, 3.63) is 147 Å². The fraction of sp³-hybridized carbons (Fsp3) is 0.0909. The van der Waals surface area contributed by atoms with E-state index in [4.69, 9.17) is 9.98 Å². The van der Waals surface area contributed by atoms with Gasteiger partial charge in [0, 0.05) is 16.7 Å². The minimum atomic E-state index is 0.215. The van der Waals surface area contributed by atoms with Crippen molar-refractivity contribution in [2.24, 2.45) is 9.98 Å². The molecule has 0 saturated carbocycles. The zero-order valence-corrected chi connectivity index (χ0v) is 21.9. The third kappa shape index (κ3) is 4.76. The van der Waals surface area contributed by atoms with E-state index in [0.717, 1.165) is 54.5 Å². The molecule has 6 rings (SSSR count). The third-order valence-electron chi connectivity index (χ3n) is 6.66. The molecule has 1 N–H and O–H groups in total. The first kappa shape index (κ1) is 23.9. The fourth-order valence-corrected chi connectivity index (χ4v) is 5.67. The van der Waals surface area contributed by atoms with E-state index in [0.29, 0.717) is 13.1 Å². The number of hydrogen-bond acceptors (Lipinski definition) is 4. The molecule has 0 amide bonds. The van der Waals surface area contributed by atoms with Gasteiger partial charge in [-0.3, -0.25) is 9.56 Å². The Morgan fingerprint density at radius 2 is 1.47 bits per heavy atom. The van der Waals surface area contributed by atoms with Crippen LogP contribution in [0.3, 0.4) is 0 Å². The van der Waals surface area contributed by atoms with E-state index in [1.54, 1.807) is 0 Å². The lowest BCUT2D eigenvalue weighted by molar-refractivity contribution is 0.419. The van der Waals surface area contributed by atoms with Crippen LogP contribution in [0, 0.1) is 6.92 Å². The molecule has 0 aliphatic carbocycles. The quantitative estimate of drug-likeness (QED) is 0.253. The number of fused-ring (bicyclic) bond motifs is 1. The number of nitrogens with zero attached hydrogens (tertiary/aromatic N) is 3. The standard InChI is InChI=1S/C33H27N3OS/c1-23-12-11-19-27-28(31(35-30(23)27)26-17-9-4-10-18-26)20-29-32(37)36(22-25-15-7-3-8-16-25)33(38-29)34-21-24-13-5-2-6-14-24/h2-20,37H,21-22H2,1H3. The first-order valence-corrected chi connectivity index (χ1v) is 13.5. The Balaban J connectivity index is 1.49. The molecule has 186 valence electrons. The monoisotopic (exact) mass is 513 g/mol. The largest absolute Gasteiger partial charge is 0.493 e. The summed E-state index contributed by atoms with van der Waals surface area (Å²) in [5.41, 5.74) is 8.41. The number of aryl methyl sites for hydroxylation is 1. The Labute approximate surface area is 226 Å². The van der Waals surface area contributed by atoms with Crippen LogP contribution in [0.2, 0.25) is 0 Å². The number of allylic oxidation sites excluding steroid dienone is 1. The van der Waals surface area contributed by atoms with Crippen molar-refractivity contribution in [1.82, 2.24) is 4.57 Å². The molecule has 5 heteroatoms. The summed E-state index contributed by atoms with van der Waals surface area (Å²) in [6.45, 7) is 3.17. The molecule has 1 aliphatic heterocycles. The highest BCUT2D eigenvalue weighted by molar-refractivity contribution is 7.10. The lowest BCUT2D eigenvalue weighted by Gasteiger charge is -2.07. The molecule has 0 atom stereocenters. The first-order valence-electron chi connectivity index (χ1n) is 12.6. The highest BCUT2D eigenvalue weighted by Gasteiger charge is 2.24. The smallest absolute Gasteiger partial charge is 0.211 e. The van der Waals surface area contributed by atoms with Crippen molar-refractivity contribution in [3.63, 3.8) is 0 Å². The van der Waals surface area contributed by atoms with Gasteiger partial charge in [0.25, 0.3) is 0 Å². The molecule has 0 spiro atoms. The number of benzene rings is 4. The Bertz CT molecular complexity index is 1710. The second kappa shape index (κ2) is 10.5. The van der Waals surface area contributed by atoms with Gasteiger partial charge in [0.05, 0.1) is 29.4 Å². The van der Waals surface area contributed by atoms with Crippen molar-refractivity contribution in [2.45, 2.75) is 20.0 Å². The van der Waals surface area contributed by atoms with E-state index in [9.17, 15) is 5.11 Å². The maximum Gasteiger partial charge on any atom is 0.211 e. The van der Waals surface area contributed by atoms with Gasteiger partial charge in [0.1, 0.15) is 0 Å². The molecular formula is C33H27N3OS. The summed E-state index contributed by atoms with van der Waals surface area (Å²) in [4.78, 5) is 11.5. The maximum absolute atomic E-state index is 11.5. The van der Waals surface area contributed by atoms with Crippen molar-refractivity contribution < 1.29 is 5.11 Å². The van der Waals surface area contributed by atoms with Gasteiger partial charge in [-0.25, -0.2) is 4.99 Å². The minimum absolute atomic E-state index is 0.215.